The normalized spacial score (nSPS) is 11.1. The highest BCUT2D eigenvalue weighted by atomic mass is 15.1. The van der Waals surface area contributed by atoms with Crippen LogP contribution in [-0.4, -0.2) is 0 Å². The van der Waals surface area contributed by atoms with Gasteiger partial charge in [-0.15, -0.1) is 0 Å². The first-order chi connectivity index (χ1) is 32.2. The molecule has 1 nitrogen and oxygen atoms in total. The van der Waals surface area contributed by atoms with E-state index in [1.54, 1.807) is 0 Å². The van der Waals surface area contributed by atoms with Crippen LogP contribution in [0.3, 0.4) is 0 Å². The van der Waals surface area contributed by atoms with Gasteiger partial charge in [-0.25, -0.2) is 0 Å². The van der Waals surface area contributed by atoms with Crippen LogP contribution in [0.25, 0.3) is 88.7 Å². The van der Waals surface area contributed by atoms with Gasteiger partial charge in [0.15, 0.2) is 0 Å². The van der Waals surface area contributed by atoms with Crippen LogP contribution in [0.15, 0.2) is 273 Å². The quantitative estimate of drug-likeness (QED) is 0.133. The molecule has 0 fully saturated rings. The molecule has 0 N–H and O–H groups in total. The maximum Gasteiger partial charge on any atom is 0.0540 e. The van der Waals surface area contributed by atoms with E-state index in [4.69, 9.17) is 0 Å². The molecule has 0 bridgehead atoms. The summed E-state index contributed by atoms with van der Waals surface area (Å²) in [6.45, 7) is 0. The van der Waals surface area contributed by atoms with Gasteiger partial charge in [0.25, 0.3) is 0 Å². The molecule has 11 rings (SSSR count). The minimum Gasteiger partial charge on any atom is -0.310 e. The molecule has 0 saturated carbocycles. The lowest BCUT2D eigenvalue weighted by Crippen LogP contribution is -2.11. The Morgan fingerprint density at radius 2 is 0.600 bits per heavy atom. The second kappa shape index (κ2) is 17.7. The number of fused-ring (bicyclic) bond motifs is 1. The summed E-state index contributed by atoms with van der Waals surface area (Å²) in [6.07, 6.45) is 0. The highest BCUT2D eigenvalue weighted by Crippen LogP contribution is 2.45. The molecule has 0 saturated heterocycles. The second-order valence-corrected chi connectivity index (χ2v) is 16.5. The average molecular weight is 828 g/mol. The predicted molar refractivity (Wildman–Crippen MR) is 277 cm³/mol. The summed E-state index contributed by atoms with van der Waals surface area (Å²) < 4.78 is 0. The van der Waals surface area contributed by atoms with Crippen molar-refractivity contribution in [2.24, 2.45) is 0 Å². The zero-order chi connectivity index (χ0) is 43.4. The monoisotopic (exact) mass is 827 g/mol. The summed E-state index contributed by atoms with van der Waals surface area (Å²) in [6, 6.07) is 98.9. The van der Waals surface area contributed by atoms with E-state index in [2.05, 4.69) is 278 Å². The van der Waals surface area contributed by atoms with Crippen molar-refractivity contribution in [2.45, 2.75) is 0 Å². The Morgan fingerprint density at radius 1 is 0.215 bits per heavy atom. The molecule has 0 heterocycles. The van der Waals surface area contributed by atoms with Crippen LogP contribution in [0, 0.1) is 0 Å². The molecule has 0 atom stereocenters. The number of hydrogen-bond acceptors (Lipinski definition) is 1. The van der Waals surface area contributed by atoms with E-state index in [1.807, 2.05) is 0 Å². The van der Waals surface area contributed by atoms with Gasteiger partial charge in [-0.1, -0.05) is 218 Å². The van der Waals surface area contributed by atoms with Gasteiger partial charge >= 0.3 is 0 Å². The maximum atomic E-state index is 2.42. The van der Waals surface area contributed by atoms with Gasteiger partial charge < -0.3 is 4.90 Å². The highest BCUT2D eigenvalue weighted by molar-refractivity contribution is 6.04. The van der Waals surface area contributed by atoms with Crippen molar-refractivity contribution in [1.82, 2.24) is 0 Å². The number of nitrogens with zero attached hydrogens (tertiary/aromatic N) is 1. The minimum atomic E-state index is 1.07. The lowest BCUT2D eigenvalue weighted by molar-refractivity contribution is 1.28. The number of rotatable bonds is 10. The molecule has 0 amide bonds. The molecule has 0 aromatic heterocycles. The molecule has 0 unspecified atom stereocenters. The fourth-order valence-corrected chi connectivity index (χ4v) is 9.23. The molecular formula is C64H45N. The predicted octanol–water partition coefficient (Wildman–Crippen LogP) is 18.0. The SMILES string of the molecule is c1ccc(-c2cc(-c3ccccc3)cc(-c3ccc(N(c4ccc(-c5c(-c6ccccc6)ccc6ccccc56)cc4)c4ccc(-c5ccccc5)cc4-c4ccccc4)cc3)c2)cc1. The van der Waals surface area contributed by atoms with Gasteiger partial charge in [-0.2, -0.15) is 0 Å². The van der Waals surface area contributed by atoms with Crippen LogP contribution in [-0.2, 0) is 0 Å². The Balaban J connectivity index is 1.07. The largest absolute Gasteiger partial charge is 0.310 e. The van der Waals surface area contributed by atoms with Gasteiger partial charge in [-0.05, 0) is 138 Å². The van der Waals surface area contributed by atoms with Crippen LogP contribution >= 0.6 is 0 Å². The van der Waals surface area contributed by atoms with E-state index in [9.17, 15) is 0 Å². The molecule has 0 aliphatic carbocycles. The maximum absolute atomic E-state index is 2.42. The van der Waals surface area contributed by atoms with E-state index in [1.165, 1.54) is 72.0 Å². The van der Waals surface area contributed by atoms with Gasteiger partial charge in [-0.3, -0.25) is 0 Å². The van der Waals surface area contributed by atoms with Gasteiger partial charge in [0, 0.05) is 16.9 Å². The van der Waals surface area contributed by atoms with Crippen molar-refractivity contribution in [3.8, 4) is 77.9 Å². The Hall–Kier alpha value is -8.52. The van der Waals surface area contributed by atoms with Crippen LogP contribution in [0.4, 0.5) is 17.1 Å². The first kappa shape index (κ1) is 39.3. The van der Waals surface area contributed by atoms with Crippen molar-refractivity contribution in [2.75, 3.05) is 4.90 Å². The second-order valence-electron chi connectivity index (χ2n) is 16.5. The van der Waals surface area contributed by atoms with Crippen molar-refractivity contribution < 1.29 is 0 Å². The standard InChI is InChI=1S/C64H45N/c1-6-18-46(19-7-1)54-35-41-63(62(45-54)51-26-14-5-15-27-51)65(59-38-32-53(33-39-59)64-60-29-17-16-28-52(60)34-40-61(64)50-24-12-4-13-25-50)58-36-30-49(31-37-58)57-43-55(47-20-8-2-9-21-47)42-56(44-57)48-22-10-3-11-23-48/h1-45H. The topological polar surface area (TPSA) is 3.24 Å². The lowest BCUT2D eigenvalue weighted by Gasteiger charge is -2.29. The number of benzene rings is 11. The number of hydrogen-bond donors (Lipinski definition) is 0. The van der Waals surface area contributed by atoms with E-state index in [0.29, 0.717) is 0 Å². The third-order valence-corrected chi connectivity index (χ3v) is 12.5. The Morgan fingerprint density at radius 3 is 1.11 bits per heavy atom. The van der Waals surface area contributed by atoms with Crippen LogP contribution in [0.1, 0.15) is 0 Å². The summed E-state index contributed by atoms with van der Waals surface area (Å²) in [5, 5.41) is 2.47. The first-order valence-electron chi connectivity index (χ1n) is 22.3. The van der Waals surface area contributed by atoms with E-state index < -0.39 is 0 Å². The van der Waals surface area contributed by atoms with Crippen molar-refractivity contribution in [1.29, 1.82) is 0 Å². The molecule has 1 heteroatoms. The smallest absolute Gasteiger partial charge is 0.0540 e. The lowest BCUT2D eigenvalue weighted by atomic mass is 9.89. The van der Waals surface area contributed by atoms with Crippen LogP contribution in [0.2, 0.25) is 0 Å². The molecule has 65 heavy (non-hydrogen) atoms. The Bertz CT molecular complexity index is 3300. The number of anilines is 3. The van der Waals surface area contributed by atoms with Gasteiger partial charge in [0.1, 0.15) is 0 Å². The van der Waals surface area contributed by atoms with E-state index in [-0.39, 0.29) is 0 Å². The van der Waals surface area contributed by atoms with Crippen molar-refractivity contribution in [3.63, 3.8) is 0 Å². The molecule has 11 aromatic rings. The summed E-state index contributed by atoms with van der Waals surface area (Å²) >= 11 is 0. The van der Waals surface area contributed by atoms with Gasteiger partial charge in [0.2, 0.25) is 0 Å². The summed E-state index contributed by atoms with van der Waals surface area (Å²) in [5.74, 6) is 0. The van der Waals surface area contributed by atoms with Crippen LogP contribution in [0.5, 0.6) is 0 Å². The first-order valence-corrected chi connectivity index (χ1v) is 22.3. The third kappa shape index (κ3) is 8.04. The molecule has 0 spiro atoms. The summed E-state index contributed by atoms with van der Waals surface area (Å²) in [4.78, 5) is 2.42. The zero-order valence-electron chi connectivity index (χ0n) is 35.9. The van der Waals surface area contributed by atoms with E-state index >= 15 is 0 Å². The molecule has 11 aromatic carbocycles. The van der Waals surface area contributed by atoms with E-state index in [0.717, 1.165) is 33.8 Å². The molecule has 0 aliphatic heterocycles. The fourth-order valence-electron chi connectivity index (χ4n) is 9.23. The molecule has 0 radical (unpaired) electrons. The summed E-state index contributed by atoms with van der Waals surface area (Å²) in [5.41, 5.74) is 19.9. The van der Waals surface area contributed by atoms with Crippen LogP contribution < -0.4 is 4.90 Å². The van der Waals surface area contributed by atoms with Crippen molar-refractivity contribution in [3.05, 3.63) is 273 Å². The summed E-state index contributed by atoms with van der Waals surface area (Å²) in [7, 11) is 0. The Kier molecular flexibility index (Phi) is 10.7. The van der Waals surface area contributed by atoms with Gasteiger partial charge in [0.05, 0.1) is 5.69 Å². The zero-order valence-corrected chi connectivity index (χ0v) is 35.9. The highest BCUT2D eigenvalue weighted by Gasteiger charge is 2.20. The average Bonchev–Trinajstić information content (AvgIpc) is 3.40. The molecular weight excluding hydrogens is 783 g/mol. The fraction of sp³-hybridized carbons (Fsp3) is 0. The minimum absolute atomic E-state index is 1.07. The van der Waals surface area contributed by atoms with Crippen molar-refractivity contribution >= 4 is 27.8 Å². The Labute approximate surface area is 381 Å². The third-order valence-electron chi connectivity index (χ3n) is 12.5. The molecule has 0 aliphatic rings. The molecule has 306 valence electrons.